The Labute approximate surface area is 119 Å². The molecule has 1 aromatic rings. The normalized spacial score (nSPS) is 16.9. The summed E-state index contributed by atoms with van der Waals surface area (Å²) >= 11 is 0. The van der Waals surface area contributed by atoms with Crippen molar-refractivity contribution in [2.24, 2.45) is 0 Å². The zero-order valence-electron chi connectivity index (χ0n) is 12.1. The largest absolute Gasteiger partial charge is 0.450 e. The Morgan fingerprint density at radius 3 is 2.35 bits per heavy atom. The first-order valence-electron chi connectivity index (χ1n) is 7.06. The summed E-state index contributed by atoms with van der Waals surface area (Å²) < 4.78 is 5.01. The molecule has 110 valence electrons. The van der Waals surface area contributed by atoms with Crippen LogP contribution in [0.5, 0.6) is 0 Å². The van der Waals surface area contributed by atoms with Crippen LogP contribution < -0.4 is 4.90 Å². The molecule has 5 nitrogen and oxygen atoms in total. The van der Waals surface area contributed by atoms with Gasteiger partial charge in [0.2, 0.25) is 0 Å². The summed E-state index contributed by atoms with van der Waals surface area (Å²) in [5.74, 6) is 0. The molecule has 0 aromatic heterocycles. The summed E-state index contributed by atoms with van der Waals surface area (Å²) in [5.41, 5.74) is 2.04. The summed E-state index contributed by atoms with van der Waals surface area (Å²) in [4.78, 5) is 15.6. The maximum atomic E-state index is 11.6. The first-order chi connectivity index (χ1) is 9.61. The van der Waals surface area contributed by atoms with Crippen molar-refractivity contribution in [2.45, 2.75) is 20.0 Å². The number of ether oxygens (including phenoxy) is 1. The van der Waals surface area contributed by atoms with Crippen molar-refractivity contribution in [3.63, 3.8) is 0 Å². The molecule has 5 heteroatoms. The van der Waals surface area contributed by atoms with Crippen LogP contribution in [0.15, 0.2) is 24.3 Å². The molecular weight excluding hydrogens is 256 g/mol. The molecule has 0 radical (unpaired) electrons. The summed E-state index contributed by atoms with van der Waals surface area (Å²) in [6.45, 7) is 6.94. The fourth-order valence-electron chi connectivity index (χ4n) is 2.33. The first-order valence-corrected chi connectivity index (χ1v) is 7.06. The maximum Gasteiger partial charge on any atom is 0.409 e. The Balaban J connectivity index is 1.91. The van der Waals surface area contributed by atoms with Gasteiger partial charge in [-0.3, -0.25) is 0 Å². The number of hydrogen-bond donors (Lipinski definition) is 1. The lowest BCUT2D eigenvalue weighted by molar-refractivity contribution is 0.105. The van der Waals surface area contributed by atoms with Gasteiger partial charge in [-0.05, 0) is 31.5 Å². The number of hydrogen-bond acceptors (Lipinski definition) is 4. The highest BCUT2D eigenvalue weighted by atomic mass is 16.6. The van der Waals surface area contributed by atoms with Gasteiger partial charge in [0.1, 0.15) is 0 Å². The van der Waals surface area contributed by atoms with Crippen molar-refractivity contribution in [3.8, 4) is 0 Å². The number of carbonyl (C=O) groups is 1. The van der Waals surface area contributed by atoms with Crippen molar-refractivity contribution in [1.29, 1.82) is 0 Å². The van der Waals surface area contributed by atoms with E-state index in [1.54, 1.807) is 11.8 Å². The van der Waals surface area contributed by atoms with Gasteiger partial charge in [-0.15, -0.1) is 0 Å². The predicted octanol–water partition coefficient (Wildman–Crippen LogP) is 2.02. The van der Waals surface area contributed by atoms with E-state index in [1.165, 1.54) is 0 Å². The number of aliphatic hydroxyl groups is 1. The molecule has 0 aliphatic carbocycles. The van der Waals surface area contributed by atoms with E-state index in [1.807, 2.05) is 31.2 Å². The Bertz CT molecular complexity index is 437. The van der Waals surface area contributed by atoms with E-state index in [9.17, 15) is 9.90 Å². The summed E-state index contributed by atoms with van der Waals surface area (Å²) in [7, 11) is 0. The number of anilines is 1. The monoisotopic (exact) mass is 278 g/mol. The van der Waals surface area contributed by atoms with Gasteiger partial charge in [0.25, 0.3) is 0 Å². The van der Waals surface area contributed by atoms with E-state index >= 15 is 0 Å². The third-order valence-corrected chi connectivity index (χ3v) is 3.55. The van der Waals surface area contributed by atoms with Crippen molar-refractivity contribution >= 4 is 11.8 Å². The lowest BCUT2D eigenvalue weighted by atomic mass is 10.1. The van der Waals surface area contributed by atoms with E-state index in [0.717, 1.165) is 24.3 Å². The zero-order chi connectivity index (χ0) is 14.5. The highest BCUT2D eigenvalue weighted by molar-refractivity contribution is 5.68. The van der Waals surface area contributed by atoms with Crippen LogP contribution in [0.2, 0.25) is 0 Å². The zero-order valence-corrected chi connectivity index (χ0v) is 12.1. The highest BCUT2D eigenvalue weighted by Gasteiger charge is 2.21. The molecule has 1 aliphatic heterocycles. The second-order valence-electron chi connectivity index (χ2n) is 4.94. The number of aliphatic hydroxyl groups excluding tert-OH is 1. The molecule has 0 bridgehead atoms. The van der Waals surface area contributed by atoms with Crippen LogP contribution in [0.1, 0.15) is 25.5 Å². The van der Waals surface area contributed by atoms with Crippen LogP contribution in [-0.2, 0) is 4.74 Å². The predicted molar refractivity (Wildman–Crippen MR) is 77.9 cm³/mol. The number of rotatable bonds is 3. The molecule has 0 unspecified atom stereocenters. The molecule has 1 fully saturated rings. The summed E-state index contributed by atoms with van der Waals surface area (Å²) in [6.07, 6.45) is -0.665. The standard InChI is InChI=1S/C15H22N2O3/c1-3-20-15(19)17-10-8-16(9-11-17)14-6-4-13(5-7-14)12(2)18/h4-7,12,18H,3,8-11H2,1-2H3/t12-/m0/s1. The molecule has 1 aromatic carbocycles. The Morgan fingerprint density at radius 2 is 1.85 bits per heavy atom. The smallest absolute Gasteiger partial charge is 0.409 e. The van der Waals surface area contributed by atoms with Crippen LogP contribution in [0, 0.1) is 0 Å². The summed E-state index contributed by atoms with van der Waals surface area (Å²) in [5, 5.41) is 9.50. The fourth-order valence-corrected chi connectivity index (χ4v) is 2.33. The van der Waals surface area contributed by atoms with Gasteiger partial charge in [-0.2, -0.15) is 0 Å². The number of carbonyl (C=O) groups excluding carboxylic acids is 1. The van der Waals surface area contributed by atoms with Gasteiger partial charge < -0.3 is 19.6 Å². The lowest BCUT2D eigenvalue weighted by Gasteiger charge is -2.35. The maximum absolute atomic E-state index is 11.6. The first kappa shape index (κ1) is 14.7. The lowest BCUT2D eigenvalue weighted by Crippen LogP contribution is -2.49. The quantitative estimate of drug-likeness (QED) is 0.919. The molecule has 1 saturated heterocycles. The van der Waals surface area contributed by atoms with Crippen LogP contribution in [0.3, 0.4) is 0 Å². The van der Waals surface area contributed by atoms with Gasteiger partial charge in [-0.1, -0.05) is 12.1 Å². The van der Waals surface area contributed by atoms with Gasteiger partial charge in [-0.25, -0.2) is 4.79 Å². The number of nitrogens with zero attached hydrogens (tertiary/aromatic N) is 2. The molecule has 1 amide bonds. The molecule has 1 N–H and O–H groups in total. The third kappa shape index (κ3) is 3.42. The molecule has 1 aliphatic rings. The van der Waals surface area contributed by atoms with E-state index in [0.29, 0.717) is 19.7 Å². The number of benzene rings is 1. The molecule has 20 heavy (non-hydrogen) atoms. The molecule has 0 spiro atoms. The SMILES string of the molecule is CCOC(=O)N1CCN(c2ccc([C@H](C)O)cc2)CC1. The van der Waals surface area contributed by atoms with Gasteiger partial charge in [0.15, 0.2) is 0 Å². The van der Waals surface area contributed by atoms with Crippen LogP contribution in [0.25, 0.3) is 0 Å². The van der Waals surface area contributed by atoms with Crippen molar-refractivity contribution in [1.82, 2.24) is 4.90 Å². The topological polar surface area (TPSA) is 53.0 Å². The van der Waals surface area contributed by atoms with Crippen LogP contribution in [-0.4, -0.2) is 48.9 Å². The second kappa shape index (κ2) is 6.61. The van der Waals surface area contributed by atoms with Gasteiger partial charge in [0, 0.05) is 31.9 Å². The number of amides is 1. The Morgan fingerprint density at radius 1 is 1.25 bits per heavy atom. The Hall–Kier alpha value is -1.75. The van der Waals surface area contributed by atoms with E-state index in [-0.39, 0.29) is 6.09 Å². The fraction of sp³-hybridized carbons (Fsp3) is 0.533. The minimum atomic E-state index is -0.440. The molecule has 0 saturated carbocycles. The molecule has 1 heterocycles. The average Bonchev–Trinajstić information content (AvgIpc) is 2.48. The molecule has 1 atom stereocenters. The minimum Gasteiger partial charge on any atom is -0.450 e. The Kier molecular flexibility index (Phi) is 4.84. The second-order valence-corrected chi connectivity index (χ2v) is 4.94. The van der Waals surface area contributed by atoms with Crippen molar-refractivity contribution in [3.05, 3.63) is 29.8 Å². The van der Waals surface area contributed by atoms with Gasteiger partial charge >= 0.3 is 6.09 Å². The minimum absolute atomic E-state index is 0.225. The third-order valence-electron chi connectivity index (χ3n) is 3.55. The van der Waals surface area contributed by atoms with Crippen LogP contribution >= 0.6 is 0 Å². The van der Waals surface area contributed by atoms with E-state index in [4.69, 9.17) is 4.74 Å². The van der Waals surface area contributed by atoms with Gasteiger partial charge in [0.05, 0.1) is 12.7 Å². The van der Waals surface area contributed by atoms with Crippen molar-refractivity contribution < 1.29 is 14.6 Å². The van der Waals surface area contributed by atoms with Crippen molar-refractivity contribution in [2.75, 3.05) is 37.7 Å². The summed E-state index contributed by atoms with van der Waals surface area (Å²) in [6, 6.07) is 7.92. The highest BCUT2D eigenvalue weighted by Crippen LogP contribution is 2.20. The number of piperazine rings is 1. The van der Waals surface area contributed by atoms with E-state index < -0.39 is 6.10 Å². The van der Waals surface area contributed by atoms with E-state index in [2.05, 4.69) is 4.90 Å². The molecular formula is C15H22N2O3. The molecule has 2 rings (SSSR count). The van der Waals surface area contributed by atoms with Crippen LogP contribution in [0.4, 0.5) is 10.5 Å². The average molecular weight is 278 g/mol.